The normalized spacial score (nSPS) is 10.9. The summed E-state index contributed by atoms with van der Waals surface area (Å²) < 4.78 is 5.12. The Labute approximate surface area is 175 Å². The van der Waals surface area contributed by atoms with Gasteiger partial charge in [0.05, 0.1) is 7.11 Å². The van der Waals surface area contributed by atoms with Crippen molar-refractivity contribution in [2.45, 2.75) is 6.42 Å². The summed E-state index contributed by atoms with van der Waals surface area (Å²) in [6, 6.07) is 25.4. The lowest BCUT2D eigenvalue weighted by atomic mass is 10.0. The second-order valence-corrected chi connectivity index (χ2v) is 6.46. The van der Waals surface area contributed by atoms with Crippen LogP contribution in [0.15, 0.2) is 90.0 Å². The Morgan fingerprint density at radius 2 is 1.43 bits per heavy atom. The van der Waals surface area contributed by atoms with Crippen LogP contribution in [0.5, 0.6) is 5.75 Å². The van der Waals surface area contributed by atoms with Gasteiger partial charge in [-0.1, -0.05) is 60.7 Å². The van der Waals surface area contributed by atoms with E-state index in [0.29, 0.717) is 17.7 Å². The summed E-state index contributed by atoms with van der Waals surface area (Å²) in [6.07, 6.45) is 0.205. The molecule has 0 aliphatic rings. The Morgan fingerprint density at radius 1 is 0.833 bits per heavy atom. The van der Waals surface area contributed by atoms with Crippen LogP contribution in [-0.4, -0.2) is 31.1 Å². The third-order valence-corrected chi connectivity index (χ3v) is 4.36. The minimum Gasteiger partial charge on any atom is -0.497 e. The smallest absolute Gasteiger partial charge is 0.241 e. The molecule has 3 aromatic carbocycles. The van der Waals surface area contributed by atoms with E-state index in [0.717, 1.165) is 11.4 Å². The number of nitrogens with zero attached hydrogens (tertiary/aromatic N) is 1. The van der Waals surface area contributed by atoms with Gasteiger partial charge < -0.3 is 10.1 Å². The fourth-order valence-corrected chi connectivity index (χ4v) is 2.77. The minimum absolute atomic E-state index is 0.193. The number of anilines is 1. The fourth-order valence-electron chi connectivity index (χ4n) is 2.77. The molecule has 30 heavy (non-hydrogen) atoms. The van der Waals surface area contributed by atoms with E-state index in [-0.39, 0.29) is 23.8 Å². The zero-order chi connectivity index (χ0) is 21.2. The van der Waals surface area contributed by atoms with Crippen LogP contribution in [0.2, 0.25) is 0 Å². The van der Waals surface area contributed by atoms with Gasteiger partial charge >= 0.3 is 0 Å². The number of ketones is 1. The Morgan fingerprint density at radius 3 is 2.03 bits per heavy atom. The highest BCUT2D eigenvalue weighted by molar-refractivity contribution is 6.51. The van der Waals surface area contributed by atoms with Gasteiger partial charge in [-0.3, -0.25) is 9.59 Å². The topological polar surface area (TPSA) is 79.8 Å². The summed E-state index contributed by atoms with van der Waals surface area (Å²) in [7, 11) is 1.61. The number of nitrogens with one attached hydrogen (secondary N) is 2. The van der Waals surface area contributed by atoms with E-state index in [1.54, 1.807) is 43.5 Å². The molecule has 0 spiro atoms. The van der Waals surface area contributed by atoms with Crippen molar-refractivity contribution in [3.63, 3.8) is 0 Å². The highest BCUT2D eigenvalue weighted by Crippen LogP contribution is 2.14. The van der Waals surface area contributed by atoms with Crippen LogP contribution in [0.25, 0.3) is 0 Å². The first-order valence-corrected chi connectivity index (χ1v) is 9.57. The van der Waals surface area contributed by atoms with Gasteiger partial charge in [-0.05, 0) is 24.3 Å². The molecule has 0 radical (unpaired) electrons. The number of hydrogen-bond donors (Lipinski definition) is 2. The quantitative estimate of drug-likeness (QED) is 0.324. The van der Waals surface area contributed by atoms with Crippen LogP contribution >= 0.6 is 0 Å². The third kappa shape index (κ3) is 5.78. The summed E-state index contributed by atoms with van der Waals surface area (Å²) in [4.78, 5) is 25.1. The van der Waals surface area contributed by atoms with Crippen LogP contribution in [0.1, 0.15) is 22.3 Å². The van der Waals surface area contributed by atoms with Gasteiger partial charge in [-0.15, -0.1) is 0 Å². The second kappa shape index (κ2) is 10.6. The fraction of sp³-hybridized carbons (Fsp3) is 0.125. The molecule has 3 aromatic rings. The number of rotatable bonds is 9. The van der Waals surface area contributed by atoms with E-state index < -0.39 is 0 Å². The van der Waals surface area contributed by atoms with Crippen molar-refractivity contribution in [1.29, 1.82) is 0 Å². The maximum Gasteiger partial charge on any atom is 0.241 e. The SMILES string of the molecule is COc1ccc(NCCC(=O)N/N=C(/C(=O)c2ccccc2)c2ccccc2)cc1. The predicted molar refractivity (Wildman–Crippen MR) is 118 cm³/mol. The first kappa shape index (κ1) is 20.8. The molecule has 0 aliphatic carbocycles. The Bertz CT molecular complexity index is 1000. The first-order chi connectivity index (χ1) is 14.7. The molecule has 0 fully saturated rings. The maximum atomic E-state index is 12.9. The molecule has 0 heterocycles. The first-order valence-electron chi connectivity index (χ1n) is 9.57. The highest BCUT2D eigenvalue weighted by Gasteiger charge is 2.16. The minimum atomic E-state index is -0.287. The molecular formula is C24H23N3O3. The molecule has 152 valence electrons. The van der Waals surface area contributed by atoms with E-state index in [1.807, 2.05) is 48.5 Å². The number of hydrazone groups is 1. The van der Waals surface area contributed by atoms with Gasteiger partial charge in [0.2, 0.25) is 11.7 Å². The monoisotopic (exact) mass is 401 g/mol. The average Bonchev–Trinajstić information content (AvgIpc) is 2.81. The van der Waals surface area contributed by atoms with Gasteiger partial charge in [0, 0.05) is 29.8 Å². The lowest BCUT2D eigenvalue weighted by Gasteiger charge is -2.08. The van der Waals surface area contributed by atoms with E-state index in [2.05, 4.69) is 15.8 Å². The predicted octanol–water partition coefficient (Wildman–Crippen LogP) is 3.90. The number of amides is 1. The number of benzene rings is 3. The average molecular weight is 401 g/mol. The molecule has 0 aromatic heterocycles. The summed E-state index contributed by atoms with van der Waals surface area (Å²) in [5.74, 6) is 0.230. The van der Waals surface area contributed by atoms with Crippen LogP contribution in [0, 0.1) is 0 Å². The Hall–Kier alpha value is -3.93. The molecular weight excluding hydrogens is 378 g/mol. The zero-order valence-electron chi connectivity index (χ0n) is 16.7. The Balaban J connectivity index is 1.63. The van der Waals surface area contributed by atoms with Crippen molar-refractivity contribution < 1.29 is 14.3 Å². The lowest BCUT2D eigenvalue weighted by Crippen LogP contribution is -2.25. The van der Waals surface area contributed by atoms with Crippen molar-refractivity contribution in [3.8, 4) is 5.75 Å². The molecule has 0 saturated heterocycles. The Kier molecular flexibility index (Phi) is 7.33. The summed E-state index contributed by atoms with van der Waals surface area (Å²) >= 11 is 0. The number of ether oxygens (including phenoxy) is 1. The molecule has 0 unspecified atom stereocenters. The number of hydrogen-bond acceptors (Lipinski definition) is 5. The van der Waals surface area contributed by atoms with Crippen molar-refractivity contribution in [3.05, 3.63) is 96.1 Å². The third-order valence-electron chi connectivity index (χ3n) is 4.36. The summed E-state index contributed by atoms with van der Waals surface area (Å²) in [6.45, 7) is 0.432. The number of carbonyl (C=O) groups is 2. The van der Waals surface area contributed by atoms with Crippen molar-refractivity contribution in [2.24, 2.45) is 5.10 Å². The summed E-state index contributed by atoms with van der Waals surface area (Å²) in [5, 5.41) is 7.30. The van der Waals surface area contributed by atoms with Crippen molar-refractivity contribution in [2.75, 3.05) is 19.0 Å². The van der Waals surface area contributed by atoms with E-state index in [4.69, 9.17) is 4.74 Å². The number of Topliss-reactive ketones (excluding diaryl/α,β-unsaturated/α-hetero) is 1. The van der Waals surface area contributed by atoms with E-state index in [9.17, 15) is 9.59 Å². The van der Waals surface area contributed by atoms with Gasteiger partial charge in [0.25, 0.3) is 0 Å². The van der Waals surface area contributed by atoms with E-state index in [1.165, 1.54) is 0 Å². The molecule has 6 heteroatoms. The van der Waals surface area contributed by atoms with Gasteiger partial charge in [-0.25, -0.2) is 5.43 Å². The molecule has 0 atom stereocenters. The number of methoxy groups -OCH3 is 1. The van der Waals surface area contributed by atoms with Gasteiger partial charge in [-0.2, -0.15) is 5.10 Å². The van der Waals surface area contributed by atoms with Gasteiger partial charge in [0.1, 0.15) is 11.5 Å². The van der Waals surface area contributed by atoms with Crippen molar-refractivity contribution >= 4 is 23.1 Å². The second-order valence-electron chi connectivity index (χ2n) is 6.46. The zero-order valence-corrected chi connectivity index (χ0v) is 16.7. The molecule has 1 amide bonds. The standard InChI is InChI=1S/C24H23N3O3/c1-30-21-14-12-20(13-15-21)25-17-16-22(28)26-27-23(18-8-4-2-5-9-18)24(29)19-10-6-3-7-11-19/h2-15,25H,16-17H2,1H3,(H,26,28)/b27-23+. The maximum absolute atomic E-state index is 12.9. The molecule has 0 aliphatic heterocycles. The molecule has 3 rings (SSSR count). The molecule has 0 bridgehead atoms. The molecule has 0 saturated carbocycles. The molecule has 6 nitrogen and oxygen atoms in total. The lowest BCUT2D eigenvalue weighted by molar-refractivity contribution is -0.120. The van der Waals surface area contributed by atoms with Crippen LogP contribution < -0.4 is 15.5 Å². The van der Waals surface area contributed by atoms with Gasteiger partial charge in [0.15, 0.2) is 0 Å². The van der Waals surface area contributed by atoms with E-state index >= 15 is 0 Å². The van der Waals surface area contributed by atoms with Crippen LogP contribution in [0.3, 0.4) is 0 Å². The van der Waals surface area contributed by atoms with Crippen molar-refractivity contribution in [1.82, 2.24) is 5.43 Å². The highest BCUT2D eigenvalue weighted by atomic mass is 16.5. The summed E-state index contributed by atoms with van der Waals surface area (Å²) in [5.41, 5.74) is 4.73. The van der Waals surface area contributed by atoms with Crippen LogP contribution in [-0.2, 0) is 4.79 Å². The largest absolute Gasteiger partial charge is 0.497 e. The molecule has 2 N–H and O–H groups in total. The van der Waals surface area contributed by atoms with Crippen LogP contribution in [0.4, 0.5) is 5.69 Å². The number of carbonyl (C=O) groups excluding carboxylic acids is 2.